The van der Waals surface area contributed by atoms with Crippen molar-refractivity contribution in [2.24, 2.45) is 0 Å². The van der Waals surface area contributed by atoms with Crippen LogP contribution in [0.15, 0.2) is 39.7 Å². The molecule has 14 heteroatoms. The minimum absolute atomic E-state index is 0.0334. The molecule has 5 N–H and O–H groups in total. The minimum atomic E-state index is -1.14. The highest BCUT2D eigenvalue weighted by molar-refractivity contribution is 6.30. The molecule has 14 nitrogen and oxygen atoms in total. The zero-order valence-corrected chi connectivity index (χ0v) is 23.6. The monoisotopic (exact) mass is 616 g/mol. The molecule has 0 saturated carbocycles. The topological polar surface area (TPSA) is 212 Å². The van der Waals surface area contributed by atoms with E-state index in [0.29, 0.717) is 32.0 Å². The van der Waals surface area contributed by atoms with Crippen LogP contribution in [0, 0.1) is 0 Å². The lowest BCUT2D eigenvalue weighted by molar-refractivity contribution is -0.0114. The molecule has 1 aliphatic rings. The number of aromatic hydroxyl groups is 4. The zero-order chi connectivity index (χ0) is 31.6. The van der Waals surface area contributed by atoms with Crippen molar-refractivity contribution in [2.45, 2.75) is 6.42 Å². The highest BCUT2D eigenvalue weighted by atomic mass is 16.6. The number of Topliss-reactive ketones (excluding diaryl/α,β-unsaturated/α-hetero) is 1. The largest absolute Gasteiger partial charge is 0.504 e. The summed E-state index contributed by atoms with van der Waals surface area (Å²) in [6.45, 7) is 1.78. The normalized spacial score (nSPS) is 12.8. The molecule has 0 spiro atoms. The van der Waals surface area contributed by atoms with Crippen LogP contribution in [0.5, 0.6) is 23.0 Å². The molecule has 44 heavy (non-hydrogen) atoms. The number of ether oxygens (including phenoxy) is 5. The molecular formula is C30H32O14. The zero-order valence-electron chi connectivity index (χ0n) is 23.6. The van der Waals surface area contributed by atoms with Gasteiger partial charge in [0.2, 0.25) is 5.43 Å². The van der Waals surface area contributed by atoms with Crippen LogP contribution in [-0.2, 0) is 30.1 Å². The van der Waals surface area contributed by atoms with Crippen LogP contribution in [0.1, 0.15) is 31.8 Å². The number of carbonyl (C=O) groups excluding carboxylic acids is 2. The lowest BCUT2D eigenvalue weighted by Crippen LogP contribution is -2.20. The summed E-state index contributed by atoms with van der Waals surface area (Å²) in [5.41, 5.74) is -1.50. The molecule has 0 fully saturated rings. The Morgan fingerprint density at radius 1 is 0.750 bits per heavy atom. The minimum Gasteiger partial charge on any atom is -0.504 e. The van der Waals surface area contributed by atoms with E-state index < -0.39 is 51.1 Å². The molecule has 1 heterocycles. The molecule has 1 aliphatic carbocycles. The third-order valence-corrected chi connectivity index (χ3v) is 6.54. The lowest BCUT2D eigenvalue weighted by atomic mass is 9.86. The Balaban J connectivity index is 1.37. The highest BCUT2D eigenvalue weighted by Crippen LogP contribution is 2.37. The number of allylic oxidation sites excluding steroid dienone is 2. The van der Waals surface area contributed by atoms with Gasteiger partial charge < -0.3 is 53.6 Å². The van der Waals surface area contributed by atoms with E-state index in [1.54, 1.807) is 0 Å². The lowest BCUT2D eigenvalue weighted by Gasteiger charge is -2.17. The molecule has 236 valence electrons. The van der Waals surface area contributed by atoms with Gasteiger partial charge in [-0.1, -0.05) is 6.08 Å². The van der Waals surface area contributed by atoms with Crippen LogP contribution < -0.4 is 5.43 Å². The first kappa shape index (κ1) is 32.4. The molecule has 0 amide bonds. The Morgan fingerprint density at radius 2 is 1.34 bits per heavy atom. The first-order chi connectivity index (χ1) is 21.2. The number of fused-ring (bicyclic) bond motifs is 2. The third kappa shape index (κ3) is 7.53. The maximum atomic E-state index is 13.6. The van der Waals surface area contributed by atoms with E-state index in [1.807, 2.05) is 0 Å². The van der Waals surface area contributed by atoms with E-state index in [9.17, 15) is 34.8 Å². The second-order valence-electron chi connectivity index (χ2n) is 9.43. The molecule has 0 atom stereocenters. The molecule has 1 aromatic heterocycles. The quantitative estimate of drug-likeness (QED) is 0.0880. The average molecular weight is 617 g/mol. The standard InChI is InChI=1S/C30H32O14/c31-3-4-39-5-6-40-7-8-41-9-10-42-11-12-43-30(38)26-25-24(15-23(34)29(26)37)44-16-20(28(25)36)18-2-1-17-13-21(32)22(33)14-19(17)27(18)35/h2,13-16,31-34,37H,1,3-12H2. The number of aliphatic hydroxyl groups excluding tert-OH is 1. The van der Waals surface area contributed by atoms with Gasteiger partial charge in [-0.25, -0.2) is 4.79 Å². The molecule has 3 aromatic rings. The van der Waals surface area contributed by atoms with Crippen LogP contribution >= 0.6 is 0 Å². The summed E-state index contributed by atoms with van der Waals surface area (Å²) < 4.78 is 31.7. The van der Waals surface area contributed by atoms with Gasteiger partial charge in [-0.15, -0.1) is 0 Å². The number of aliphatic hydroxyl groups is 1. The van der Waals surface area contributed by atoms with Crippen molar-refractivity contribution in [3.05, 3.63) is 63.0 Å². The van der Waals surface area contributed by atoms with E-state index in [2.05, 4.69) is 0 Å². The first-order valence-corrected chi connectivity index (χ1v) is 13.6. The fourth-order valence-corrected chi connectivity index (χ4v) is 4.42. The van der Waals surface area contributed by atoms with Crippen molar-refractivity contribution in [2.75, 3.05) is 66.1 Å². The van der Waals surface area contributed by atoms with Crippen molar-refractivity contribution >= 4 is 28.3 Å². The number of phenolic OH excluding ortho intramolecular Hbond substituents is 4. The predicted octanol–water partition coefficient (Wildman–Crippen LogP) is 1.65. The second-order valence-corrected chi connectivity index (χ2v) is 9.43. The van der Waals surface area contributed by atoms with Crippen molar-refractivity contribution in [3.8, 4) is 23.0 Å². The van der Waals surface area contributed by atoms with Gasteiger partial charge in [0.05, 0.1) is 70.4 Å². The van der Waals surface area contributed by atoms with Gasteiger partial charge in [0.15, 0.2) is 28.8 Å². The van der Waals surface area contributed by atoms with Crippen LogP contribution in [-0.4, -0.2) is 103 Å². The number of phenols is 4. The first-order valence-electron chi connectivity index (χ1n) is 13.6. The number of hydrogen-bond donors (Lipinski definition) is 5. The smallest absolute Gasteiger partial charge is 0.343 e. The fraction of sp³-hybridized carbons (Fsp3) is 0.367. The van der Waals surface area contributed by atoms with E-state index >= 15 is 0 Å². The number of rotatable bonds is 16. The maximum Gasteiger partial charge on any atom is 0.343 e. The second kappa shape index (κ2) is 15.3. The van der Waals surface area contributed by atoms with Crippen molar-refractivity contribution in [1.82, 2.24) is 0 Å². The molecule has 4 rings (SSSR count). The maximum absolute atomic E-state index is 13.6. The highest BCUT2D eigenvalue weighted by Gasteiger charge is 2.29. The Labute approximate surface area is 250 Å². The molecule has 0 aliphatic heterocycles. The van der Waals surface area contributed by atoms with Crippen molar-refractivity contribution in [1.29, 1.82) is 0 Å². The summed E-state index contributed by atoms with van der Waals surface area (Å²) in [7, 11) is 0. The van der Waals surface area contributed by atoms with Gasteiger partial charge in [-0.3, -0.25) is 9.59 Å². The molecule has 0 radical (unpaired) electrons. The van der Waals surface area contributed by atoms with E-state index in [4.69, 9.17) is 33.2 Å². The molecule has 0 bridgehead atoms. The van der Waals surface area contributed by atoms with Gasteiger partial charge in [0, 0.05) is 17.2 Å². The Kier molecular flexibility index (Phi) is 11.3. The summed E-state index contributed by atoms with van der Waals surface area (Å²) in [6.07, 6.45) is 2.60. The van der Waals surface area contributed by atoms with Gasteiger partial charge in [0.1, 0.15) is 24.0 Å². The SMILES string of the molecule is O=C1C(c2coc3cc(O)c(O)c(C(=O)OCCOCCOCCOCCOCCO)c3c2=O)=CCc2cc(O)c(O)cc21. The summed E-state index contributed by atoms with van der Waals surface area (Å²) >= 11 is 0. The van der Waals surface area contributed by atoms with Crippen LogP contribution in [0.3, 0.4) is 0 Å². The summed E-state index contributed by atoms with van der Waals surface area (Å²) in [5, 5.41) is 48.5. The number of hydrogen-bond acceptors (Lipinski definition) is 14. The Hall–Kier alpha value is -4.47. The molecule has 0 unspecified atom stereocenters. The van der Waals surface area contributed by atoms with Crippen LogP contribution in [0.25, 0.3) is 16.5 Å². The summed E-state index contributed by atoms with van der Waals surface area (Å²) in [4.78, 5) is 39.8. The predicted molar refractivity (Wildman–Crippen MR) is 152 cm³/mol. The van der Waals surface area contributed by atoms with Crippen LogP contribution in [0.2, 0.25) is 0 Å². The number of carbonyl (C=O) groups is 2. The van der Waals surface area contributed by atoms with Crippen molar-refractivity contribution in [3.63, 3.8) is 0 Å². The van der Waals surface area contributed by atoms with E-state index in [0.717, 1.165) is 18.4 Å². The van der Waals surface area contributed by atoms with Crippen LogP contribution in [0.4, 0.5) is 0 Å². The molecular weight excluding hydrogens is 584 g/mol. The van der Waals surface area contributed by atoms with Gasteiger partial charge in [-0.05, 0) is 24.1 Å². The number of ketones is 1. The van der Waals surface area contributed by atoms with E-state index in [1.165, 1.54) is 12.1 Å². The van der Waals surface area contributed by atoms with Gasteiger partial charge in [0.25, 0.3) is 0 Å². The van der Waals surface area contributed by atoms with Gasteiger partial charge in [-0.2, -0.15) is 0 Å². The molecule has 2 aromatic carbocycles. The Morgan fingerprint density at radius 3 is 1.98 bits per heavy atom. The summed E-state index contributed by atoms with van der Waals surface area (Å²) in [5.74, 6) is -4.30. The third-order valence-electron chi connectivity index (χ3n) is 6.54. The fourth-order valence-electron chi connectivity index (χ4n) is 4.42. The Bertz CT molecular complexity index is 1590. The average Bonchev–Trinajstić information content (AvgIpc) is 3.00. The van der Waals surface area contributed by atoms with Gasteiger partial charge >= 0.3 is 5.97 Å². The number of benzene rings is 2. The number of esters is 1. The summed E-state index contributed by atoms with van der Waals surface area (Å²) in [6, 6.07) is 3.30. The van der Waals surface area contributed by atoms with Crippen molar-refractivity contribution < 1.29 is 63.2 Å². The molecule has 0 saturated heterocycles. The van der Waals surface area contributed by atoms with E-state index in [-0.39, 0.29) is 68.3 Å².